The fraction of sp³-hybridized carbons (Fsp3) is 0.143. The van der Waals surface area contributed by atoms with Crippen LogP contribution in [0.4, 0.5) is 5.82 Å². The highest BCUT2D eigenvalue weighted by Gasteiger charge is 2.12. The van der Waals surface area contributed by atoms with Gasteiger partial charge in [-0.15, -0.1) is 0 Å². The summed E-state index contributed by atoms with van der Waals surface area (Å²) in [6.07, 6.45) is 1.12. The standard InChI is InChI=1S/C7H5N3O4/c1-14-6(11)3-2-5-7(10(12)13)9-4-8-5/h4H,1H3,(H,8,9). The van der Waals surface area contributed by atoms with E-state index >= 15 is 0 Å². The molecule has 7 nitrogen and oxygen atoms in total. The first-order valence-corrected chi connectivity index (χ1v) is 3.43. The Kier molecular flexibility index (Phi) is 2.81. The van der Waals surface area contributed by atoms with Crippen LogP contribution >= 0.6 is 0 Å². The van der Waals surface area contributed by atoms with Crippen molar-refractivity contribution in [3.8, 4) is 11.8 Å². The molecule has 0 bridgehead atoms. The van der Waals surface area contributed by atoms with Crippen molar-refractivity contribution in [2.24, 2.45) is 0 Å². The second kappa shape index (κ2) is 4.04. The van der Waals surface area contributed by atoms with Crippen molar-refractivity contribution in [3.05, 3.63) is 22.1 Å². The number of hydrogen-bond donors (Lipinski definition) is 1. The van der Waals surface area contributed by atoms with E-state index in [2.05, 4.69) is 20.6 Å². The molecular weight excluding hydrogens is 190 g/mol. The molecule has 0 spiro atoms. The lowest BCUT2D eigenvalue weighted by molar-refractivity contribution is -0.389. The maximum atomic E-state index is 10.6. The van der Waals surface area contributed by atoms with Crippen LogP contribution in [-0.4, -0.2) is 28.0 Å². The lowest BCUT2D eigenvalue weighted by Crippen LogP contribution is -1.95. The Balaban J connectivity index is 2.95. The molecule has 0 aliphatic rings. The molecule has 0 atom stereocenters. The number of imidazole rings is 1. The third-order valence-corrected chi connectivity index (χ3v) is 1.27. The SMILES string of the molecule is COC(=O)C#Cc1nc[nH]c1[N+](=O)[O-]. The number of aromatic amines is 1. The molecule has 0 aliphatic carbocycles. The molecule has 1 rings (SSSR count). The second-order valence-corrected chi connectivity index (χ2v) is 2.10. The molecule has 1 heterocycles. The number of esters is 1. The molecule has 0 radical (unpaired) electrons. The van der Waals surface area contributed by atoms with Gasteiger partial charge in [-0.3, -0.25) is 0 Å². The van der Waals surface area contributed by atoms with Crippen molar-refractivity contribution in [2.75, 3.05) is 7.11 Å². The van der Waals surface area contributed by atoms with Crippen LogP contribution in [0, 0.1) is 22.0 Å². The summed E-state index contributed by atoms with van der Waals surface area (Å²) in [6, 6.07) is 0. The topological polar surface area (TPSA) is 98.1 Å². The molecule has 0 amide bonds. The van der Waals surface area contributed by atoms with Crippen molar-refractivity contribution in [3.63, 3.8) is 0 Å². The highest BCUT2D eigenvalue weighted by molar-refractivity contribution is 5.89. The van der Waals surface area contributed by atoms with Crippen LogP contribution in [0.15, 0.2) is 6.33 Å². The highest BCUT2D eigenvalue weighted by Crippen LogP contribution is 2.09. The van der Waals surface area contributed by atoms with Crippen LogP contribution in [0.25, 0.3) is 0 Å². The zero-order chi connectivity index (χ0) is 10.6. The quantitative estimate of drug-likeness (QED) is 0.290. The summed E-state index contributed by atoms with van der Waals surface area (Å²) in [6.45, 7) is 0. The number of rotatable bonds is 1. The summed E-state index contributed by atoms with van der Waals surface area (Å²) in [5.41, 5.74) is -0.0969. The van der Waals surface area contributed by atoms with Crippen molar-refractivity contribution >= 4 is 11.8 Å². The van der Waals surface area contributed by atoms with E-state index in [-0.39, 0.29) is 11.5 Å². The molecule has 0 saturated heterocycles. The molecule has 0 aromatic carbocycles. The summed E-state index contributed by atoms with van der Waals surface area (Å²) < 4.78 is 4.23. The van der Waals surface area contributed by atoms with Gasteiger partial charge in [0.25, 0.3) is 0 Å². The number of nitrogens with one attached hydrogen (secondary N) is 1. The molecule has 1 N–H and O–H groups in total. The van der Waals surface area contributed by atoms with Crippen LogP contribution in [0.1, 0.15) is 5.69 Å². The molecule has 7 heteroatoms. The van der Waals surface area contributed by atoms with Gasteiger partial charge in [0.1, 0.15) is 0 Å². The first-order valence-electron chi connectivity index (χ1n) is 3.43. The second-order valence-electron chi connectivity index (χ2n) is 2.10. The summed E-state index contributed by atoms with van der Waals surface area (Å²) >= 11 is 0. The first-order chi connectivity index (χ1) is 6.65. The fourth-order valence-electron chi connectivity index (χ4n) is 0.679. The Morgan fingerprint density at radius 1 is 1.79 bits per heavy atom. The zero-order valence-electron chi connectivity index (χ0n) is 7.10. The number of hydrogen-bond acceptors (Lipinski definition) is 5. The third kappa shape index (κ3) is 2.07. The number of carbonyl (C=O) groups is 1. The van der Waals surface area contributed by atoms with Gasteiger partial charge in [0.2, 0.25) is 5.69 Å². The average molecular weight is 195 g/mol. The lowest BCUT2D eigenvalue weighted by atomic mass is 10.4. The molecular formula is C7H5N3O4. The van der Waals surface area contributed by atoms with Gasteiger partial charge in [0, 0.05) is 5.92 Å². The molecule has 0 fully saturated rings. The van der Waals surface area contributed by atoms with Gasteiger partial charge in [0.05, 0.1) is 7.11 Å². The largest absolute Gasteiger partial charge is 0.459 e. The van der Waals surface area contributed by atoms with Gasteiger partial charge in [0.15, 0.2) is 6.33 Å². The van der Waals surface area contributed by atoms with Gasteiger partial charge >= 0.3 is 11.8 Å². The van der Waals surface area contributed by atoms with Gasteiger partial charge in [-0.05, 0) is 10.8 Å². The number of nitrogens with zero attached hydrogens (tertiary/aromatic N) is 2. The van der Waals surface area contributed by atoms with Gasteiger partial charge in [-0.2, -0.15) is 4.98 Å². The number of carbonyl (C=O) groups excluding carboxylic acids is 1. The molecule has 1 aromatic heterocycles. The number of aromatic nitrogens is 2. The van der Waals surface area contributed by atoms with Gasteiger partial charge < -0.3 is 14.9 Å². The molecule has 14 heavy (non-hydrogen) atoms. The molecule has 0 saturated carbocycles. The Labute approximate surface area is 78.2 Å². The average Bonchev–Trinajstić information content (AvgIpc) is 2.62. The predicted octanol–water partition coefficient (Wildman–Crippen LogP) is -0.158. The maximum absolute atomic E-state index is 10.6. The molecule has 72 valence electrons. The fourth-order valence-corrected chi connectivity index (χ4v) is 0.679. The summed E-state index contributed by atoms with van der Waals surface area (Å²) in [7, 11) is 1.16. The monoisotopic (exact) mass is 195 g/mol. The number of H-pyrrole nitrogens is 1. The van der Waals surface area contributed by atoms with Crippen molar-refractivity contribution in [1.82, 2.24) is 9.97 Å². The smallest absolute Gasteiger partial charge is 0.384 e. The van der Waals surface area contributed by atoms with E-state index in [1.807, 2.05) is 5.92 Å². The van der Waals surface area contributed by atoms with Crippen molar-refractivity contribution < 1.29 is 14.5 Å². The number of methoxy groups -OCH3 is 1. The van der Waals surface area contributed by atoms with E-state index in [0.29, 0.717) is 0 Å². The van der Waals surface area contributed by atoms with E-state index < -0.39 is 10.9 Å². The van der Waals surface area contributed by atoms with Crippen LogP contribution < -0.4 is 0 Å². The Morgan fingerprint density at radius 2 is 2.50 bits per heavy atom. The minimum Gasteiger partial charge on any atom is -0.459 e. The van der Waals surface area contributed by atoms with Gasteiger partial charge in [-0.1, -0.05) is 0 Å². The van der Waals surface area contributed by atoms with E-state index in [9.17, 15) is 14.9 Å². The summed E-state index contributed by atoms with van der Waals surface area (Å²) in [5, 5.41) is 10.3. The molecule has 0 unspecified atom stereocenters. The van der Waals surface area contributed by atoms with E-state index in [4.69, 9.17) is 0 Å². The van der Waals surface area contributed by atoms with E-state index in [1.54, 1.807) is 0 Å². The van der Waals surface area contributed by atoms with E-state index in [0.717, 1.165) is 13.4 Å². The van der Waals surface area contributed by atoms with Crippen LogP contribution in [-0.2, 0) is 9.53 Å². The minimum absolute atomic E-state index is 0.0969. The van der Waals surface area contributed by atoms with Crippen LogP contribution in [0.5, 0.6) is 0 Å². The zero-order valence-corrected chi connectivity index (χ0v) is 7.10. The van der Waals surface area contributed by atoms with Crippen molar-refractivity contribution in [1.29, 1.82) is 0 Å². The number of nitro groups is 1. The number of ether oxygens (including phenoxy) is 1. The molecule has 1 aromatic rings. The van der Waals surface area contributed by atoms with E-state index in [1.165, 1.54) is 0 Å². The van der Waals surface area contributed by atoms with Crippen LogP contribution in [0.3, 0.4) is 0 Å². The predicted molar refractivity (Wildman–Crippen MR) is 44.1 cm³/mol. The third-order valence-electron chi connectivity index (χ3n) is 1.27. The van der Waals surface area contributed by atoms with Gasteiger partial charge in [-0.25, -0.2) is 9.78 Å². The Morgan fingerprint density at radius 3 is 3.07 bits per heavy atom. The maximum Gasteiger partial charge on any atom is 0.384 e. The minimum atomic E-state index is -0.776. The Hall–Kier alpha value is -2.36. The lowest BCUT2D eigenvalue weighted by Gasteiger charge is -1.88. The summed E-state index contributed by atoms with van der Waals surface area (Å²) in [4.78, 5) is 26.1. The molecule has 0 aliphatic heterocycles. The normalized spacial score (nSPS) is 8.64. The van der Waals surface area contributed by atoms with Crippen LogP contribution in [0.2, 0.25) is 0 Å². The first kappa shape index (κ1) is 9.73. The summed E-state index contributed by atoms with van der Waals surface area (Å²) in [5.74, 6) is 3.13. The Bertz CT molecular complexity index is 426. The van der Waals surface area contributed by atoms with Crippen molar-refractivity contribution in [2.45, 2.75) is 0 Å². The highest BCUT2D eigenvalue weighted by atomic mass is 16.6.